The van der Waals surface area contributed by atoms with Gasteiger partial charge in [-0.1, -0.05) is 22.0 Å². The van der Waals surface area contributed by atoms with Gasteiger partial charge in [0.2, 0.25) is 0 Å². The van der Waals surface area contributed by atoms with Crippen molar-refractivity contribution < 1.29 is 25.9 Å². The summed E-state index contributed by atoms with van der Waals surface area (Å²) in [6.07, 6.45) is 0.293. The zero-order valence-corrected chi connectivity index (χ0v) is 11.6. The summed E-state index contributed by atoms with van der Waals surface area (Å²) in [7, 11) is -9.04. The van der Waals surface area contributed by atoms with Gasteiger partial charge >= 0.3 is 0 Å². The summed E-state index contributed by atoms with van der Waals surface area (Å²) >= 11 is 3.10. The fourth-order valence-electron chi connectivity index (χ4n) is 1.24. The molecule has 0 aliphatic carbocycles. The Hall–Kier alpha value is -0.480. The van der Waals surface area contributed by atoms with Gasteiger partial charge in [0.15, 0.2) is 0 Å². The molecule has 17 heavy (non-hydrogen) atoms. The van der Waals surface area contributed by atoms with E-state index in [9.17, 15) is 16.8 Å². The van der Waals surface area contributed by atoms with E-state index in [2.05, 4.69) is 15.9 Å². The minimum Gasteiger partial charge on any atom is -0.282 e. The van der Waals surface area contributed by atoms with Gasteiger partial charge in [-0.3, -0.25) is 9.11 Å². The van der Waals surface area contributed by atoms with E-state index < -0.39 is 30.0 Å². The van der Waals surface area contributed by atoms with Crippen molar-refractivity contribution in [3.05, 3.63) is 23.8 Å². The van der Waals surface area contributed by atoms with Gasteiger partial charge in [-0.05, 0) is 24.1 Å². The zero-order chi connectivity index (χ0) is 13.3. The first-order valence-electron chi connectivity index (χ1n) is 4.30. The lowest BCUT2D eigenvalue weighted by Crippen LogP contribution is -2.07. The van der Waals surface area contributed by atoms with Crippen molar-refractivity contribution >= 4 is 36.2 Å². The Kier molecular flexibility index (Phi) is 4.31. The second kappa shape index (κ2) is 5.02. The maximum absolute atomic E-state index is 11.1. The topological polar surface area (TPSA) is 109 Å². The molecule has 0 fully saturated rings. The summed E-state index contributed by atoms with van der Waals surface area (Å²) in [6.45, 7) is 0. The maximum Gasteiger partial charge on any atom is 0.294 e. The minimum atomic E-state index is -4.53. The van der Waals surface area contributed by atoms with Gasteiger partial charge in [0.05, 0.1) is 9.79 Å². The third kappa shape index (κ3) is 3.75. The van der Waals surface area contributed by atoms with Crippen molar-refractivity contribution in [2.75, 3.05) is 5.33 Å². The SMILES string of the molecule is O=S(=O)(O)c1ccc(CCBr)c(S(=O)(=O)O)c1. The van der Waals surface area contributed by atoms with Crippen LogP contribution in [0.15, 0.2) is 28.0 Å². The number of hydrogen-bond acceptors (Lipinski definition) is 4. The summed E-state index contributed by atoms with van der Waals surface area (Å²) in [5.74, 6) is 0. The molecule has 0 heterocycles. The zero-order valence-electron chi connectivity index (χ0n) is 8.37. The van der Waals surface area contributed by atoms with Gasteiger partial charge in [0.25, 0.3) is 20.2 Å². The summed E-state index contributed by atoms with van der Waals surface area (Å²) < 4.78 is 61.6. The molecule has 6 nitrogen and oxygen atoms in total. The van der Waals surface area contributed by atoms with Crippen LogP contribution in [0.5, 0.6) is 0 Å². The second-order valence-electron chi connectivity index (χ2n) is 3.16. The van der Waals surface area contributed by atoms with Crippen molar-refractivity contribution in [1.82, 2.24) is 0 Å². The van der Waals surface area contributed by atoms with Crippen LogP contribution >= 0.6 is 15.9 Å². The molecule has 0 aliphatic rings. The van der Waals surface area contributed by atoms with Crippen molar-refractivity contribution in [2.45, 2.75) is 16.2 Å². The maximum atomic E-state index is 11.1. The largest absolute Gasteiger partial charge is 0.294 e. The fraction of sp³-hybridized carbons (Fsp3) is 0.250. The third-order valence-corrected chi connectivity index (χ3v) is 4.16. The van der Waals surface area contributed by atoms with E-state index in [-0.39, 0.29) is 5.56 Å². The number of rotatable bonds is 4. The predicted octanol–water partition coefficient (Wildman–Crippen LogP) is 1.12. The molecule has 0 aliphatic heterocycles. The number of alkyl halides is 1. The molecular weight excluding hydrogens is 336 g/mol. The molecule has 2 N–H and O–H groups in total. The highest BCUT2D eigenvalue weighted by molar-refractivity contribution is 9.09. The van der Waals surface area contributed by atoms with E-state index in [0.29, 0.717) is 11.8 Å². The molecule has 0 amide bonds. The number of aryl methyl sites for hydroxylation is 1. The normalized spacial score (nSPS) is 12.6. The Balaban J connectivity index is 3.51. The Labute approximate surface area is 107 Å². The minimum absolute atomic E-state index is 0.261. The average Bonchev–Trinajstić information content (AvgIpc) is 2.15. The lowest BCUT2D eigenvalue weighted by Gasteiger charge is -2.07. The molecule has 0 atom stereocenters. The van der Waals surface area contributed by atoms with Crippen LogP contribution in [0.1, 0.15) is 5.56 Å². The van der Waals surface area contributed by atoms with Gasteiger partial charge in [-0.2, -0.15) is 16.8 Å². The van der Waals surface area contributed by atoms with Crippen LogP contribution < -0.4 is 0 Å². The highest BCUT2D eigenvalue weighted by atomic mass is 79.9. The van der Waals surface area contributed by atoms with Crippen LogP contribution in [0, 0.1) is 0 Å². The summed E-state index contributed by atoms with van der Waals surface area (Å²) in [5.41, 5.74) is 0.261. The van der Waals surface area contributed by atoms with Gasteiger partial charge in [0.1, 0.15) is 0 Å². The molecule has 0 unspecified atom stereocenters. The molecule has 9 heteroatoms. The molecule has 1 aromatic rings. The van der Waals surface area contributed by atoms with Crippen LogP contribution in [-0.4, -0.2) is 31.3 Å². The Morgan fingerprint density at radius 1 is 1.06 bits per heavy atom. The quantitative estimate of drug-likeness (QED) is 0.625. The van der Waals surface area contributed by atoms with Gasteiger partial charge < -0.3 is 0 Å². The molecule has 0 radical (unpaired) electrons. The highest BCUT2D eigenvalue weighted by Gasteiger charge is 2.19. The third-order valence-electron chi connectivity index (χ3n) is 1.98. The molecule has 0 bridgehead atoms. The van der Waals surface area contributed by atoms with E-state index in [1.54, 1.807) is 0 Å². The average molecular weight is 345 g/mol. The van der Waals surface area contributed by atoms with E-state index >= 15 is 0 Å². The fourth-order valence-corrected chi connectivity index (χ4v) is 3.03. The van der Waals surface area contributed by atoms with Crippen molar-refractivity contribution in [2.24, 2.45) is 0 Å². The Morgan fingerprint density at radius 2 is 1.65 bits per heavy atom. The summed E-state index contributed by atoms with van der Waals surface area (Å²) in [5, 5.41) is 0.445. The molecular formula is C8H9BrO6S2. The number of hydrogen-bond donors (Lipinski definition) is 2. The van der Waals surface area contributed by atoms with E-state index in [4.69, 9.17) is 9.11 Å². The van der Waals surface area contributed by atoms with Crippen LogP contribution in [-0.2, 0) is 26.7 Å². The van der Waals surface area contributed by atoms with Crippen LogP contribution in [0.25, 0.3) is 0 Å². The summed E-state index contributed by atoms with van der Waals surface area (Å²) in [4.78, 5) is -1.10. The molecule has 1 rings (SSSR count). The van der Waals surface area contributed by atoms with Gasteiger partial charge in [-0.25, -0.2) is 0 Å². The highest BCUT2D eigenvalue weighted by Crippen LogP contribution is 2.21. The van der Waals surface area contributed by atoms with Crippen LogP contribution in [0.4, 0.5) is 0 Å². The first-order valence-corrected chi connectivity index (χ1v) is 8.30. The van der Waals surface area contributed by atoms with Crippen molar-refractivity contribution in [3.63, 3.8) is 0 Å². The second-order valence-corrected chi connectivity index (χ2v) is 6.76. The molecule has 0 saturated carbocycles. The predicted molar refractivity (Wildman–Crippen MR) is 63.6 cm³/mol. The lowest BCUT2D eigenvalue weighted by atomic mass is 10.2. The first kappa shape index (κ1) is 14.6. The number of halogens is 1. The smallest absolute Gasteiger partial charge is 0.282 e. The molecule has 0 saturated heterocycles. The van der Waals surface area contributed by atoms with Gasteiger partial charge in [0, 0.05) is 5.33 Å². The molecule has 96 valence electrons. The van der Waals surface area contributed by atoms with E-state index in [1.165, 1.54) is 6.07 Å². The number of benzene rings is 1. The van der Waals surface area contributed by atoms with Crippen molar-refractivity contribution in [1.29, 1.82) is 0 Å². The van der Waals surface area contributed by atoms with Gasteiger partial charge in [-0.15, -0.1) is 0 Å². The standard InChI is InChI=1S/C8H9BrO6S2/c9-4-3-6-1-2-7(16(10,11)12)5-8(6)17(13,14)15/h1-2,5H,3-4H2,(H,10,11,12)(H,13,14,15). The Morgan fingerprint density at radius 3 is 2.06 bits per heavy atom. The van der Waals surface area contributed by atoms with Crippen LogP contribution in [0.2, 0.25) is 0 Å². The first-order chi connectivity index (χ1) is 7.66. The van der Waals surface area contributed by atoms with Crippen LogP contribution in [0.3, 0.4) is 0 Å². The Bertz CT molecular complexity index is 619. The lowest BCUT2D eigenvalue weighted by molar-refractivity contribution is 0.480. The van der Waals surface area contributed by atoms with Crippen molar-refractivity contribution in [3.8, 4) is 0 Å². The van der Waals surface area contributed by atoms with E-state index in [1.807, 2.05) is 0 Å². The monoisotopic (exact) mass is 344 g/mol. The molecule has 0 aromatic heterocycles. The molecule has 0 spiro atoms. The summed E-state index contributed by atoms with van der Waals surface area (Å²) in [6, 6.07) is 3.03. The molecule has 1 aromatic carbocycles. The van der Waals surface area contributed by atoms with E-state index in [0.717, 1.165) is 12.1 Å².